The van der Waals surface area contributed by atoms with Crippen LogP contribution in [0, 0.1) is 5.92 Å². The van der Waals surface area contributed by atoms with Gasteiger partial charge in [-0.3, -0.25) is 9.58 Å². The normalized spacial score (nSPS) is 26.2. The molecule has 4 nitrogen and oxygen atoms in total. The van der Waals surface area contributed by atoms with Gasteiger partial charge in [-0.25, -0.2) is 0 Å². The average Bonchev–Trinajstić information content (AvgIpc) is 3.13. The molecule has 1 N–H and O–H groups in total. The summed E-state index contributed by atoms with van der Waals surface area (Å²) in [7, 11) is 0. The number of likely N-dealkylation sites (tertiary alicyclic amines) is 1. The molecule has 0 unspecified atom stereocenters. The molecule has 0 amide bonds. The van der Waals surface area contributed by atoms with Gasteiger partial charge in [-0.15, -0.1) is 0 Å². The van der Waals surface area contributed by atoms with Crippen molar-refractivity contribution in [3.05, 3.63) is 18.5 Å². The first-order valence-electron chi connectivity index (χ1n) is 8.71. The number of aliphatic hydroxyl groups excluding tert-OH is 1. The molecule has 21 heavy (non-hydrogen) atoms. The minimum atomic E-state index is -0.308. The highest BCUT2D eigenvalue weighted by molar-refractivity contribution is 4.85. The molecule has 1 aromatic rings. The van der Waals surface area contributed by atoms with Gasteiger partial charge in [0.25, 0.3) is 0 Å². The Morgan fingerprint density at radius 2 is 1.95 bits per heavy atom. The van der Waals surface area contributed by atoms with Crippen molar-refractivity contribution in [1.29, 1.82) is 0 Å². The third kappa shape index (κ3) is 4.30. The molecular weight excluding hydrogens is 262 g/mol. The molecule has 1 aromatic heterocycles. The third-order valence-corrected chi connectivity index (χ3v) is 5.23. The van der Waals surface area contributed by atoms with E-state index in [1.165, 1.54) is 51.4 Å². The molecule has 1 aliphatic carbocycles. The van der Waals surface area contributed by atoms with Crippen LogP contribution >= 0.6 is 0 Å². The Morgan fingerprint density at radius 3 is 2.71 bits per heavy atom. The number of rotatable bonds is 6. The summed E-state index contributed by atoms with van der Waals surface area (Å²) in [5.74, 6) is 0.938. The smallest absolute Gasteiger partial charge is 0.0862 e. The van der Waals surface area contributed by atoms with E-state index in [9.17, 15) is 5.11 Å². The van der Waals surface area contributed by atoms with Gasteiger partial charge < -0.3 is 5.11 Å². The van der Waals surface area contributed by atoms with Gasteiger partial charge in [0.1, 0.15) is 0 Å². The van der Waals surface area contributed by atoms with Crippen LogP contribution in [-0.2, 0) is 6.54 Å². The van der Waals surface area contributed by atoms with E-state index >= 15 is 0 Å². The van der Waals surface area contributed by atoms with Gasteiger partial charge in [-0.1, -0.05) is 32.1 Å². The second-order valence-corrected chi connectivity index (χ2v) is 6.91. The molecule has 118 valence electrons. The number of nitrogens with zero attached hydrogens (tertiary/aromatic N) is 3. The van der Waals surface area contributed by atoms with Gasteiger partial charge in [-0.05, 0) is 37.8 Å². The number of aromatic nitrogens is 2. The number of β-amino-alcohol motifs (C(OH)–C–C–N with tert-alkyl or cyclic N) is 1. The highest BCUT2D eigenvalue weighted by atomic mass is 16.3. The van der Waals surface area contributed by atoms with Crippen LogP contribution in [0.3, 0.4) is 0 Å². The first kappa shape index (κ1) is 15.0. The second-order valence-electron chi connectivity index (χ2n) is 6.91. The van der Waals surface area contributed by atoms with Crippen molar-refractivity contribution in [3.63, 3.8) is 0 Å². The molecule has 1 aliphatic heterocycles. The van der Waals surface area contributed by atoms with E-state index in [0.29, 0.717) is 12.6 Å². The Hall–Kier alpha value is -0.870. The Kier molecular flexibility index (Phi) is 5.31. The van der Waals surface area contributed by atoms with Crippen LogP contribution in [0.15, 0.2) is 18.5 Å². The van der Waals surface area contributed by atoms with Gasteiger partial charge in [0.05, 0.1) is 12.6 Å². The Balaban J connectivity index is 1.46. The van der Waals surface area contributed by atoms with Crippen LogP contribution in [0.2, 0.25) is 0 Å². The maximum atomic E-state index is 10.3. The van der Waals surface area contributed by atoms with Crippen LogP contribution in [0.4, 0.5) is 0 Å². The lowest BCUT2D eigenvalue weighted by Crippen LogP contribution is -2.39. The summed E-state index contributed by atoms with van der Waals surface area (Å²) >= 11 is 0. The zero-order valence-corrected chi connectivity index (χ0v) is 13.0. The van der Waals surface area contributed by atoms with E-state index in [-0.39, 0.29) is 6.10 Å². The zero-order valence-electron chi connectivity index (χ0n) is 13.0. The molecule has 0 radical (unpaired) electrons. The molecule has 2 aliphatic rings. The summed E-state index contributed by atoms with van der Waals surface area (Å²) in [5.41, 5.74) is 0. The maximum absolute atomic E-state index is 10.3. The average molecular weight is 291 g/mol. The number of hydrogen-bond acceptors (Lipinski definition) is 3. The zero-order chi connectivity index (χ0) is 14.5. The van der Waals surface area contributed by atoms with Crippen LogP contribution in [0.1, 0.15) is 51.4 Å². The molecule has 0 bridgehead atoms. The number of aliphatic hydroxyl groups is 1. The van der Waals surface area contributed by atoms with Crippen molar-refractivity contribution in [2.75, 3.05) is 13.1 Å². The minimum Gasteiger partial charge on any atom is -0.390 e. The molecule has 1 saturated carbocycles. The van der Waals surface area contributed by atoms with E-state index in [1.54, 1.807) is 6.20 Å². The predicted molar refractivity (Wildman–Crippen MR) is 84.0 cm³/mol. The fourth-order valence-electron chi connectivity index (χ4n) is 4.16. The van der Waals surface area contributed by atoms with E-state index in [1.807, 2.05) is 16.9 Å². The van der Waals surface area contributed by atoms with E-state index in [0.717, 1.165) is 19.0 Å². The maximum Gasteiger partial charge on any atom is 0.0862 e. The van der Waals surface area contributed by atoms with E-state index in [4.69, 9.17) is 0 Å². The lowest BCUT2D eigenvalue weighted by Gasteiger charge is -2.31. The van der Waals surface area contributed by atoms with Crippen molar-refractivity contribution in [2.24, 2.45) is 5.92 Å². The highest BCUT2D eigenvalue weighted by Crippen LogP contribution is 2.32. The van der Waals surface area contributed by atoms with Crippen LogP contribution in [0.5, 0.6) is 0 Å². The highest BCUT2D eigenvalue weighted by Gasteiger charge is 2.29. The summed E-state index contributed by atoms with van der Waals surface area (Å²) in [6, 6.07) is 2.62. The van der Waals surface area contributed by atoms with Gasteiger partial charge in [-0.2, -0.15) is 5.10 Å². The van der Waals surface area contributed by atoms with E-state index in [2.05, 4.69) is 10.00 Å². The molecule has 1 saturated heterocycles. The SMILES string of the molecule is O[C@@H](CN1CCC[C@H]1CC1CCCCC1)Cn1cccn1. The molecule has 3 rings (SSSR count). The second kappa shape index (κ2) is 7.41. The summed E-state index contributed by atoms with van der Waals surface area (Å²) in [6.45, 7) is 2.57. The predicted octanol–water partition coefficient (Wildman–Crippen LogP) is 2.68. The summed E-state index contributed by atoms with van der Waals surface area (Å²) in [4.78, 5) is 2.53. The monoisotopic (exact) mass is 291 g/mol. The molecular formula is C17H29N3O. The molecule has 0 spiro atoms. The summed E-state index contributed by atoms with van der Waals surface area (Å²) < 4.78 is 1.83. The van der Waals surface area contributed by atoms with Crippen LogP contribution < -0.4 is 0 Å². The van der Waals surface area contributed by atoms with Crippen molar-refractivity contribution in [1.82, 2.24) is 14.7 Å². The van der Waals surface area contributed by atoms with Crippen molar-refractivity contribution in [3.8, 4) is 0 Å². The summed E-state index contributed by atoms with van der Waals surface area (Å²) in [6.07, 6.45) is 14.5. The Bertz CT molecular complexity index is 400. The fourth-order valence-corrected chi connectivity index (χ4v) is 4.16. The number of hydrogen-bond donors (Lipinski definition) is 1. The van der Waals surface area contributed by atoms with Crippen molar-refractivity contribution in [2.45, 2.75) is 70.1 Å². The lowest BCUT2D eigenvalue weighted by molar-refractivity contribution is 0.0815. The van der Waals surface area contributed by atoms with Gasteiger partial charge >= 0.3 is 0 Å². The summed E-state index contributed by atoms with van der Waals surface area (Å²) in [5, 5.41) is 14.5. The van der Waals surface area contributed by atoms with Crippen LogP contribution in [-0.4, -0.2) is 45.0 Å². The van der Waals surface area contributed by atoms with E-state index < -0.39 is 0 Å². The molecule has 2 atom stereocenters. The molecule has 2 fully saturated rings. The first-order chi connectivity index (χ1) is 10.3. The first-order valence-corrected chi connectivity index (χ1v) is 8.71. The van der Waals surface area contributed by atoms with Gasteiger partial charge in [0.2, 0.25) is 0 Å². The fraction of sp³-hybridized carbons (Fsp3) is 0.824. The molecule has 0 aromatic carbocycles. The Morgan fingerprint density at radius 1 is 1.10 bits per heavy atom. The quantitative estimate of drug-likeness (QED) is 0.876. The van der Waals surface area contributed by atoms with Crippen molar-refractivity contribution < 1.29 is 5.11 Å². The topological polar surface area (TPSA) is 41.3 Å². The molecule has 2 heterocycles. The standard InChI is InChI=1S/C17H29N3O/c21-17(14-20-11-5-9-18-20)13-19-10-4-8-16(19)12-15-6-2-1-3-7-15/h5,9,11,15-17,21H,1-4,6-8,10,12-14H2/t16-,17-/m0/s1. The largest absolute Gasteiger partial charge is 0.390 e. The van der Waals surface area contributed by atoms with Crippen LogP contribution in [0.25, 0.3) is 0 Å². The molecule has 4 heteroatoms. The van der Waals surface area contributed by atoms with Crippen molar-refractivity contribution >= 4 is 0 Å². The Labute approximate surface area is 128 Å². The minimum absolute atomic E-state index is 0.308. The lowest BCUT2D eigenvalue weighted by atomic mass is 9.84. The van der Waals surface area contributed by atoms with Gasteiger partial charge in [0.15, 0.2) is 0 Å². The third-order valence-electron chi connectivity index (χ3n) is 5.23. The van der Waals surface area contributed by atoms with Gasteiger partial charge in [0, 0.05) is 25.0 Å².